The molecule has 0 aromatic heterocycles. The summed E-state index contributed by atoms with van der Waals surface area (Å²) in [6, 6.07) is 5.52. The van der Waals surface area contributed by atoms with Gasteiger partial charge in [0, 0.05) is 18.5 Å². The highest BCUT2D eigenvalue weighted by atomic mass is 16.6. The van der Waals surface area contributed by atoms with Gasteiger partial charge in [0.05, 0.1) is 24.4 Å². The molecule has 3 rings (SSSR count). The molecule has 160 valence electrons. The van der Waals surface area contributed by atoms with E-state index >= 15 is 0 Å². The van der Waals surface area contributed by atoms with Crippen molar-refractivity contribution in [1.82, 2.24) is 4.90 Å². The van der Waals surface area contributed by atoms with Crippen molar-refractivity contribution in [2.45, 2.75) is 70.8 Å². The van der Waals surface area contributed by atoms with Crippen LogP contribution < -0.4 is 4.74 Å². The maximum Gasteiger partial charge on any atom is 0.260 e. The summed E-state index contributed by atoms with van der Waals surface area (Å²) < 4.78 is 12.3. The fraction of sp³-hybridized carbons (Fsp3) is 0.609. The normalized spacial score (nSPS) is 25.6. The lowest BCUT2D eigenvalue weighted by Gasteiger charge is -2.35. The highest BCUT2D eigenvalue weighted by molar-refractivity contribution is 6.02. The predicted octanol–water partition coefficient (Wildman–Crippen LogP) is 3.36. The molecule has 3 atom stereocenters. The summed E-state index contributed by atoms with van der Waals surface area (Å²) in [5.41, 5.74) is 1.30. The number of unbranched alkanes of at least 4 members (excludes halogenated alkanes) is 2. The summed E-state index contributed by atoms with van der Waals surface area (Å²) in [4.78, 5) is 14.9. The lowest BCUT2D eigenvalue weighted by molar-refractivity contribution is -0.135. The van der Waals surface area contributed by atoms with Crippen LogP contribution in [0.1, 0.15) is 68.8 Å². The third kappa shape index (κ3) is 4.20. The Hall–Kier alpha value is -1.89. The smallest absolute Gasteiger partial charge is 0.260 e. The number of carbonyl (C=O) groups excluding carboxylic acids is 1. The van der Waals surface area contributed by atoms with Crippen molar-refractivity contribution in [2.75, 3.05) is 19.8 Å². The van der Waals surface area contributed by atoms with Crippen molar-refractivity contribution in [3.05, 3.63) is 41.0 Å². The number of aliphatic hydroxyl groups excluding tert-OH is 2. The monoisotopic (exact) mass is 403 g/mol. The van der Waals surface area contributed by atoms with Gasteiger partial charge >= 0.3 is 0 Å². The van der Waals surface area contributed by atoms with E-state index in [0.29, 0.717) is 24.3 Å². The standard InChI is InChI=1S/C23H33NO5/c1-4-5-6-9-19-18(26)15-23(29-19)17-8-7-10-20(28-14-11-16(2)3)21(17)22(27)24(23)12-13-25/h7-8,10-11,18-19,25-26H,4-6,9,12-15H2,1-3H3/t18-,19-,23-/m1/s1. The summed E-state index contributed by atoms with van der Waals surface area (Å²) in [7, 11) is 0. The van der Waals surface area contributed by atoms with E-state index in [9.17, 15) is 15.0 Å². The Morgan fingerprint density at radius 2 is 2.17 bits per heavy atom. The largest absolute Gasteiger partial charge is 0.489 e. The van der Waals surface area contributed by atoms with Crippen molar-refractivity contribution < 1.29 is 24.5 Å². The van der Waals surface area contributed by atoms with Crippen molar-refractivity contribution in [3.63, 3.8) is 0 Å². The molecule has 0 radical (unpaired) electrons. The molecule has 0 saturated carbocycles. The van der Waals surface area contributed by atoms with Gasteiger partial charge in [0.2, 0.25) is 0 Å². The molecule has 1 fully saturated rings. The van der Waals surface area contributed by atoms with E-state index in [1.54, 1.807) is 11.0 Å². The summed E-state index contributed by atoms with van der Waals surface area (Å²) >= 11 is 0. The molecule has 1 aromatic rings. The fourth-order valence-corrected chi connectivity index (χ4v) is 4.31. The minimum absolute atomic E-state index is 0.148. The number of fused-ring (bicyclic) bond motifs is 2. The van der Waals surface area contributed by atoms with E-state index in [-0.39, 0.29) is 25.2 Å². The van der Waals surface area contributed by atoms with Gasteiger partial charge in [-0.1, -0.05) is 43.9 Å². The molecule has 6 nitrogen and oxygen atoms in total. The summed E-state index contributed by atoms with van der Waals surface area (Å²) in [5.74, 6) is 0.292. The third-order valence-corrected chi connectivity index (χ3v) is 5.75. The van der Waals surface area contributed by atoms with Gasteiger partial charge < -0.3 is 24.6 Å². The Balaban J connectivity index is 1.94. The molecular weight excluding hydrogens is 370 g/mol. The van der Waals surface area contributed by atoms with Crippen LogP contribution in [-0.2, 0) is 10.5 Å². The molecule has 2 heterocycles. The number of β-amino-alcohol motifs (C(OH)–C–C–N with tert-alkyl or cyclic N) is 1. The van der Waals surface area contributed by atoms with Gasteiger partial charge in [0.1, 0.15) is 12.4 Å². The molecule has 0 unspecified atom stereocenters. The van der Waals surface area contributed by atoms with Crippen molar-refractivity contribution in [2.24, 2.45) is 0 Å². The van der Waals surface area contributed by atoms with Crippen molar-refractivity contribution >= 4 is 5.91 Å². The van der Waals surface area contributed by atoms with E-state index in [1.165, 1.54) is 0 Å². The van der Waals surface area contributed by atoms with Crippen LogP contribution in [0.15, 0.2) is 29.8 Å². The van der Waals surface area contributed by atoms with Gasteiger partial charge in [-0.15, -0.1) is 0 Å². The Morgan fingerprint density at radius 1 is 1.38 bits per heavy atom. The van der Waals surface area contributed by atoms with Crippen LogP contribution in [0.3, 0.4) is 0 Å². The van der Waals surface area contributed by atoms with Crippen LogP contribution in [0.25, 0.3) is 0 Å². The van der Waals surface area contributed by atoms with E-state index in [0.717, 1.165) is 36.8 Å². The first kappa shape index (κ1) is 21.8. The van der Waals surface area contributed by atoms with Gasteiger partial charge in [0.15, 0.2) is 5.72 Å². The zero-order valence-electron chi connectivity index (χ0n) is 17.7. The molecule has 29 heavy (non-hydrogen) atoms. The number of aliphatic hydroxyl groups is 2. The van der Waals surface area contributed by atoms with E-state index in [4.69, 9.17) is 9.47 Å². The minimum atomic E-state index is -1.04. The first-order valence-electron chi connectivity index (χ1n) is 10.6. The second-order valence-corrected chi connectivity index (χ2v) is 8.16. The lowest BCUT2D eigenvalue weighted by atomic mass is 9.96. The second kappa shape index (κ2) is 9.28. The van der Waals surface area contributed by atoms with Crippen LogP contribution in [0, 0.1) is 0 Å². The number of ether oxygens (including phenoxy) is 2. The first-order chi connectivity index (χ1) is 13.9. The van der Waals surface area contributed by atoms with E-state index < -0.39 is 11.8 Å². The van der Waals surface area contributed by atoms with Crippen LogP contribution in [-0.4, -0.2) is 53.0 Å². The van der Waals surface area contributed by atoms with Gasteiger partial charge in [-0.3, -0.25) is 4.79 Å². The number of hydrogen-bond acceptors (Lipinski definition) is 5. The maximum atomic E-state index is 13.3. The quantitative estimate of drug-likeness (QED) is 0.488. The molecule has 1 spiro atoms. The lowest BCUT2D eigenvalue weighted by Crippen LogP contribution is -2.45. The van der Waals surface area contributed by atoms with Gasteiger partial charge in [-0.25, -0.2) is 0 Å². The number of carbonyl (C=O) groups is 1. The molecular formula is C23H33NO5. The van der Waals surface area contributed by atoms with Gasteiger partial charge in [0.25, 0.3) is 5.91 Å². The summed E-state index contributed by atoms with van der Waals surface area (Å²) in [6.07, 6.45) is 5.19. The predicted molar refractivity (Wildman–Crippen MR) is 111 cm³/mol. The zero-order valence-corrected chi connectivity index (χ0v) is 17.7. The number of benzene rings is 1. The third-order valence-electron chi connectivity index (χ3n) is 5.75. The van der Waals surface area contributed by atoms with Crippen LogP contribution in [0.2, 0.25) is 0 Å². The molecule has 1 amide bonds. The van der Waals surface area contributed by atoms with E-state index in [2.05, 4.69) is 6.92 Å². The second-order valence-electron chi connectivity index (χ2n) is 8.16. The molecule has 0 aliphatic carbocycles. The zero-order chi connectivity index (χ0) is 21.0. The Morgan fingerprint density at radius 3 is 2.86 bits per heavy atom. The number of rotatable bonds is 9. The van der Waals surface area contributed by atoms with Crippen molar-refractivity contribution in [3.8, 4) is 5.75 Å². The Kier molecular flexibility index (Phi) is 6.98. The van der Waals surface area contributed by atoms with Crippen LogP contribution >= 0.6 is 0 Å². The molecule has 1 aromatic carbocycles. The molecule has 0 bridgehead atoms. The van der Waals surface area contributed by atoms with E-state index in [1.807, 2.05) is 32.1 Å². The summed E-state index contributed by atoms with van der Waals surface area (Å²) in [6.45, 7) is 6.48. The number of amides is 1. The number of nitrogens with zero attached hydrogens (tertiary/aromatic N) is 1. The first-order valence-corrected chi connectivity index (χ1v) is 10.6. The molecule has 2 aliphatic heterocycles. The minimum Gasteiger partial charge on any atom is -0.489 e. The highest BCUT2D eigenvalue weighted by Gasteiger charge is 2.58. The average molecular weight is 404 g/mol. The van der Waals surface area contributed by atoms with Gasteiger partial charge in [-0.05, 0) is 32.4 Å². The maximum absolute atomic E-state index is 13.3. The molecule has 2 N–H and O–H groups in total. The van der Waals surface area contributed by atoms with Crippen molar-refractivity contribution in [1.29, 1.82) is 0 Å². The van der Waals surface area contributed by atoms with Crippen LogP contribution in [0.4, 0.5) is 0 Å². The number of hydrogen-bond donors (Lipinski definition) is 2. The topological polar surface area (TPSA) is 79.2 Å². The summed E-state index contributed by atoms with van der Waals surface area (Å²) in [5, 5.41) is 20.3. The average Bonchev–Trinajstić information content (AvgIpc) is 3.12. The van der Waals surface area contributed by atoms with Crippen LogP contribution in [0.5, 0.6) is 5.75 Å². The molecule has 1 saturated heterocycles. The molecule has 2 aliphatic rings. The number of allylic oxidation sites excluding steroid dienone is 1. The fourth-order valence-electron chi connectivity index (χ4n) is 4.31. The highest BCUT2D eigenvalue weighted by Crippen LogP contribution is 2.51. The SMILES string of the molecule is CCCCC[C@H]1O[C@]2(C[C@H]1O)c1cccc(OCC=C(C)C)c1C(=O)N2CCO. The van der Waals surface area contributed by atoms with Gasteiger partial charge in [-0.2, -0.15) is 0 Å². The Bertz CT molecular complexity index is 758. The Labute approximate surface area is 173 Å². The molecule has 6 heteroatoms.